The number of pyridine rings is 1. The summed E-state index contributed by atoms with van der Waals surface area (Å²) in [6.07, 6.45) is -3.02. The summed E-state index contributed by atoms with van der Waals surface area (Å²) < 4.78 is 36.6. The Balaban J connectivity index is 2.86. The van der Waals surface area contributed by atoms with E-state index in [-0.39, 0.29) is 0 Å². The monoisotopic (exact) mass is 216 g/mol. The quantitative estimate of drug-likeness (QED) is 0.842. The normalized spacial score (nSPS) is 11.5. The first-order valence-electron chi connectivity index (χ1n) is 4.36. The highest BCUT2D eigenvalue weighted by atomic mass is 19.4. The highest BCUT2D eigenvalue weighted by Crippen LogP contribution is 2.29. The molecular weight excluding hydrogens is 205 g/mol. The van der Waals surface area contributed by atoms with Gasteiger partial charge in [-0.15, -0.1) is 0 Å². The van der Waals surface area contributed by atoms with Gasteiger partial charge in [-0.05, 0) is 30.7 Å². The van der Waals surface area contributed by atoms with Crippen molar-refractivity contribution in [3.63, 3.8) is 0 Å². The van der Waals surface area contributed by atoms with E-state index in [9.17, 15) is 13.2 Å². The maximum absolute atomic E-state index is 12.2. The Labute approximate surface area is 85.6 Å². The molecule has 0 aliphatic carbocycles. The van der Waals surface area contributed by atoms with Gasteiger partial charge in [0.1, 0.15) is 0 Å². The molecule has 1 aromatic rings. The third-order valence-corrected chi connectivity index (χ3v) is 1.90. The molecule has 2 N–H and O–H groups in total. The van der Waals surface area contributed by atoms with Gasteiger partial charge in [0, 0.05) is 6.20 Å². The molecule has 0 spiro atoms. The van der Waals surface area contributed by atoms with Gasteiger partial charge in [0.05, 0.1) is 11.3 Å². The first-order valence-corrected chi connectivity index (χ1v) is 4.36. The van der Waals surface area contributed by atoms with Crippen molar-refractivity contribution in [3.8, 4) is 0 Å². The van der Waals surface area contributed by atoms with Crippen molar-refractivity contribution in [1.82, 2.24) is 4.98 Å². The fraction of sp³-hybridized carbons (Fsp3) is 0.300. The summed E-state index contributed by atoms with van der Waals surface area (Å²) >= 11 is 0. The Kier molecular flexibility index (Phi) is 3.47. The molecule has 0 saturated carbocycles. The van der Waals surface area contributed by atoms with Crippen LogP contribution in [0.1, 0.15) is 17.7 Å². The standard InChI is InChI=1S/C10H11F3N2/c1-7(4-5-14)9-3-2-8(6-15-9)10(11,12)13/h2-3,6H,1,4-5,14H2. The lowest BCUT2D eigenvalue weighted by atomic mass is 10.1. The van der Waals surface area contributed by atoms with E-state index < -0.39 is 11.7 Å². The number of hydrogen-bond donors (Lipinski definition) is 1. The van der Waals surface area contributed by atoms with E-state index >= 15 is 0 Å². The lowest BCUT2D eigenvalue weighted by molar-refractivity contribution is -0.137. The second kappa shape index (κ2) is 4.44. The minimum absolute atomic E-state index is 0.404. The van der Waals surface area contributed by atoms with Gasteiger partial charge in [0.2, 0.25) is 0 Å². The Morgan fingerprint density at radius 3 is 2.47 bits per heavy atom. The zero-order chi connectivity index (χ0) is 11.5. The minimum atomic E-state index is -4.35. The van der Waals surface area contributed by atoms with Gasteiger partial charge in [-0.3, -0.25) is 4.98 Å². The van der Waals surface area contributed by atoms with Crippen LogP contribution in [0.15, 0.2) is 24.9 Å². The van der Waals surface area contributed by atoms with Crippen LogP contribution < -0.4 is 5.73 Å². The molecule has 0 aliphatic rings. The fourth-order valence-electron chi connectivity index (χ4n) is 1.07. The van der Waals surface area contributed by atoms with Crippen LogP contribution in [-0.2, 0) is 6.18 Å². The number of nitrogens with two attached hydrogens (primary N) is 1. The molecular formula is C10H11F3N2. The maximum Gasteiger partial charge on any atom is 0.417 e. The number of halogens is 3. The molecule has 1 rings (SSSR count). The SMILES string of the molecule is C=C(CCN)c1ccc(C(F)(F)F)cn1. The van der Waals surface area contributed by atoms with E-state index in [1.165, 1.54) is 6.07 Å². The smallest absolute Gasteiger partial charge is 0.330 e. The summed E-state index contributed by atoms with van der Waals surface area (Å²) in [4.78, 5) is 3.69. The van der Waals surface area contributed by atoms with Crippen LogP contribution in [0.25, 0.3) is 5.57 Å². The van der Waals surface area contributed by atoms with Crippen LogP contribution in [-0.4, -0.2) is 11.5 Å². The van der Waals surface area contributed by atoms with Gasteiger partial charge in [0.25, 0.3) is 0 Å². The predicted molar refractivity (Wildman–Crippen MR) is 51.9 cm³/mol. The second-order valence-corrected chi connectivity index (χ2v) is 3.07. The number of alkyl halides is 3. The van der Waals surface area contributed by atoms with Crippen LogP contribution in [0.4, 0.5) is 13.2 Å². The van der Waals surface area contributed by atoms with Crippen molar-refractivity contribution < 1.29 is 13.2 Å². The minimum Gasteiger partial charge on any atom is -0.330 e. The first kappa shape index (κ1) is 11.7. The molecule has 1 heterocycles. The van der Waals surface area contributed by atoms with Crippen LogP contribution in [0.5, 0.6) is 0 Å². The van der Waals surface area contributed by atoms with Crippen molar-refractivity contribution in [2.45, 2.75) is 12.6 Å². The molecule has 15 heavy (non-hydrogen) atoms. The fourth-order valence-corrected chi connectivity index (χ4v) is 1.07. The molecule has 0 amide bonds. The van der Waals surface area contributed by atoms with Crippen molar-refractivity contribution >= 4 is 5.57 Å². The molecule has 0 aliphatic heterocycles. The molecule has 0 radical (unpaired) electrons. The van der Waals surface area contributed by atoms with E-state index in [4.69, 9.17) is 5.73 Å². The van der Waals surface area contributed by atoms with Gasteiger partial charge in [-0.1, -0.05) is 6.58 Å². The van der Waals surface area contributed by atoms with Crippen LogP contribution in [0.3, 0.4) is 0 Å². The molecule has 1 aromatic heterocycles. The number of nitrogens with zero attached hydrogens (tertiary/aromatic N) is 1. The summed E-state index contributed by atoms with van der Waals surface area (Å²) in [5, 5.41) is 0. The average Bonchev–Trinajstić information content (AvgIpc) is 2.17. The van der Waals surface area contributed by atoms with Crippen molar-refractivity contribution in [2.24, 2.45) is 5.73 Å². The van der Waals surface area contributed by atoms with E-state index in [1.807, 2.05) is 0 Å². The van der Waals surface area contributed by atoms with E-state index in [0.29, 0.717) is 24.2 Å². The topological polar surface area (TPSA) is 38.9 Å². The van der Waals surface area contributed by atoms with Gasteiger partial charge in [-0.25, -0.2) is 0 Å². The summed E-state index contributed by atoms with van der Waals surface area (Å²) in [7, 11) is 0. The largest absolute Gasteiger partial charge is 0.417 e. The molecule has 0 aromatic carbocycles. The predicted octanol–water partition coefficient (Wildman–Crippen LogP) is 2.46. The van der Waals surface area contributed by atoms with Gasteiger partial charge >= 0.3 is 6.18 Å². The molecule has 82 valence electrons. The molecule has 0 fully saturated rings. The van der Waals surface area contributed by atoms with Gasteiger partial charge in [-0.2, -0.15) is 13.2 Å². The summed E-state index contributed by atoms with van der Waals surface area (Å²) in [6, 6.07) is 2.30. The highest BCUT2D eigenvalue weighted by Gasteiger charge is 2.30. The molecule has 0 bridgehead atoms. The third kappa shape index (κ3) is 3.06. The highest BCUT2D eigenvalue weighted by molar-refractivity contribution is 5.60. The van der Waals surface area contributed by atoms with Crippen molar-refractivity contribution in [1.29, 1.82) is 0 Å². The van der Waals surface area contributed by atoms with Crippen molar-refractivity contribution in [2.75, 3.05) is 6.54 Å². The Hall–Kier alpha value is -1.36. The van der Waals surface area contributed by atoms with E-state index in [0.717, 1.165) is 12.3 Å². The zero-order valence-corrected chi connectivity index (χ0v) is 8.01. The maximum atomic E-state index is 12.2. The average molecular weight is 216 g/mol. The van der Waals surface area contributed by atoms with E-state index in [1.54, 1.807) is 0 Å². The Morgan fingerprint density at radius 2 is 2.07 bits per heavy atom. The zero-order valence-electron chi connectivity index (χ0n) is 8.01. The number of hydrogen-bond acceptors (Lipinski definition) is 2. The van der Waals surface area contributed by atoms with Gasteiger partial charge in [0.15, 0.2) is 0 Å². The van der Waals surface area contributed by atoms with Gasteiger partial charge < -0.3 is 5.73 Å². The van der Waals surface area contributed by atoms with E-state index in [2.05, 4.69) is 11.6 Å². The molecule has 2 nitrogen and oxygen atoms in total. The van der Waals surface area contributed by atoms with Crippen molar-refractivity contribution in [3.05, 3.63) is 36.2 Å². The molecule has 0 unspecified atom stereocenters. The third-order valence-electron chi connectivity index (χ3n) is 1.90. The lowest BCUT2D eigenvalue weighted by Gasteiger charge is -2.07. The molecule has 5 heteroatoms. The summed E-state index contributed by atoms with van der Waals surface area (Å²) in [5.74, 6) is 0. The van der Waals surface area contributed by atoms with Crippen LogP contribution in [0.2, 0.25) is 0 Å². The first-order chi connectivity index (χ1) is 6.95. The Morgan fingerprint density at radius 1 is 1.40 bits per heavy atom. The second-order valence-electron chi connectivity index (χ2n) is 3.07. The number of rotatable bonds is 3. The molecule has 0 atom stereocenters. The molecule has 0 saturated heterocycles. The summed E-state index contributed by atoms with van der Waals surface area (Å²) in [6.45, 7) is 4.09. The Bertz CT molecular complexity index is 341. The summed E-state index contributed by atoms with van der Waals surface area (Å²) in [5.41, 5.74) is 5.64. The lowest BCUT2D eigenvalue weighted by Crippen LogP contribution is -2.06. The van der Waals surface area contributed by atoms with Crippen LogP contribution >= 0.6 is 0 Å². The van der Waals surface area contributed by atoms with Crippen LogP contribution in [0, 0.1) is 0 Å². The number of aromatic nitrogens is 1.